The topological polar surface area (TPSA) is 88.5 Å². The summed E-state index contributed by atoms with van der Waals surface area (Å²) < 4.78 is 10.9. The maximum atomic E-state index is 12.5. The molecule has 1 atom stereocenters. The van der Waals surface area contributed by atoms with Gasteiger partial charge in [0.15, 0.2) is 6.10 Å². The summed E-state index contributed by atoms with van der Waals surface area (Å²) >= 11 is 0. The molecule has 1 unspecified atom stereocenters. The number of esters is 1. The van der Waals surface area contributed by atoms with Crippen LogP contribution < -0.4 is 10.1 Å². The molecule has 0 heterocycles. The molecule has 0 saturated heterocycles. The number of ether oxygens (including phenoxy) is 2. The average Bonchev–Trinajstić information content (AvgIpc) is 2.72. The number of nitrogens with one attached hydrogen (secondary N) is 2. The van der Waals surface area contributed by atoms with Crippen LogP contribution in [0.25, 0.3) is 0 Å². The third-order valence-corrected chi connectivity index (χ3v) is 3.93. The molecule has 146 valence electrons. The Labute approximate surface area is 164 Å². The molecule has 28 heavy (non-hydrogen) atoms. The summed E-state index contributed by atoms with van der Waals surface area (Å²) in [4.78, 5) is 24.4. The Bertz CT molecular complexity index is 829. The number of carbonyl (C=O) groups excluding carboxylic acids is 2. The molecule has 0 aromatic heterocycles. The number of carbonyl (C=O) groups is 2. The molecule has 6 heteroatoms. The van der Waals surface area contributed by atoms with E-state index in [2.05, 4.69) is 5.32 Å². The minimum atomic E-state index is -0.912. The summed E-state index contributed by atoms with van der Waals surface area (Å²) in [5, 5.41) is 10.00. The fraction of sp³-hybridized carbons (Fsp3) is 0.227. The van der Waals surface area contributed by atoms with Crippen LogP contribution >= 0.6 is 0 Å². The van der Waals surface area contributed by atoms with E-state index in [1.54, 1.807) is 31.3 Å². The number of Topliss-reactive ketones (excluding diaryl/α,β-unsaturated/α-hetero) is 1. The Kier molecular flexibility index (Phi) is 7.96. The van der Waals surface area contributed by atoms with Crippen molar-refractivity contribution in [1.82, 2.24) is 5.32 Å². The Hall–Kier alpha value is -3.41. The Morgan fingerprint density at radius 1 is 1.11 bits per heavy atom. The lowest BCUT2D eigenvalue weighted by molar-refractivity contribution is -0.145. The van der Waals surface area contributed by atoms with Crippen LogP contribution in [0.4, 0.5) is 0 Å². The molecule has 0 amide bonds. The maximum Gasteiger partial charge on any atom is 0.311 e. The van der Waals surface area contributed by atoms with Gasteiger partial charge in [0.1, 0.15) is 12.4 Å². The second kappa shape index (κ2) is 10.7. The van der Waals surface area contributed by atoms with Crippen LogP contribution in [0.2, 0.25) is 0 Å². The fourth-order valence-corrected chi connectivity index (χ4v) is 2.48. The minimum Gasteiger partial charge on any atom is -0.489 e. The lowest BCUT2D eigenvalue weighted by Gasteiger charge is -2.13. The van der Waals surface area contributed by atoms with Crippen LogP contribution in [0.1, 0.15) is 29.3 Å². The van der Waals surface area contributed by atoms with E-state index < -0.39 is 12.1 Å². The summed E-state index contributed by atoms with van der Waals surface area (Å²) in [5.74, 6) is -0.205. The van der Waals surface area contributed by atoms with Crippen LogP contribution in [-0.2, 0) is 16.1 Å². The molecule has 2 aromatic carbocycles. The lowest BCUT2D eigenvalue weighted by Crippen LogP contribution is -2.24. The Balaban J connectivity index is 1.89. The van der Waals surface area contributed by atoms with Crippen molar-refractivity contribution in [3.05, 3.63) is 77.5 Å². The van der Waals surface area contributed by atoms with E-state index in [-0.39, 0.29) is 12.2 Å². The summed E-state index contributed by atoms with van der Waals surface area (Å²) in [6, 6.07) is 16.5. The molecule has 0 aliphatic carbocycles. The van der Waals surface area contributed by atoms with E-state index in [9.17, 15) is 9.59 Å². The van der Waals surface area contributed by atoms with E-state index in [4.69, 9.17) is 14.9 Å². The third-order valence-electron chi connectivity index (χ3n) is 3.93. The van der Waals surface area contributed by atoms with Crippen LogP contribution in [0.5, 0.6) is 5.75 Å². The molecule has 0 fully saturated rings. The van der Waals surface area contributed by atoms with E-state index >= 15 is 0 Å². The Morgan fingerprint density at radius 3 is 2.39 bits per heavy atom. The second-order valence-corrected chi connectivity index (χ2v) is 6.12. The van der Waals surface area contributed by atoms with E-state index in [1.165, 1.54) is 13.1 Å². The summed E-state index contributed by atoms with van der Waals surface area (Å²) in [6.45, 7) is 1.98. The first-order valence-corrected chi connectivity index (χ1v) is 8.90. The second-order valence-electron chi connectivity index (χ2n) is 6.12. The highest BCUT2D eigenvalue weighted by atomic mass is 16.5. The minimum absolute atomic E-state index is 0.0752. The van der Waals surface area contributed by atoms with Gasteiger partial charge in [0.25, 0.3) is 0 Å². The molecule has 2 rings (SSSR count). The molecule has 0 aliphatic rings. The predicted molar refractivity (Wildman–Crippen MR) is 108 cm³/mol. The van der Waals surface area contributed by atoms with E-state index in [1.807, 2.05) is 30.3 Å². The van der Waals surface area contributed by atoms with E-state index in [0.29, 0.717) is 23.5 Å². The molecule has 2 N–H and O–H groups in total. The van der Waals surface area contributed by atoms with Crippen molar-refractivity contribution < 1.29 is 19.1 Å². The Morgan fingerprint density at radius 2 is 1.79 bits per heavy atom. The van der Waals surface area contributed by atoms with Gasteiger partial charge in [-0.3, -0.25) is 9.59 Å². The van der Waals surface area contributed by atoms with Gasteiger partial charge in [-0.2, -0.15) is 0 Å². The van der Waals surface area contributed by atoms with Crippen molar-refractivity contribution in [1.29, 1.82) is 5.41 Å². The smallest absolute Gasteiger partial charge is 0.311 e. The summed E-state index contributed by atoms with van der Waals surface area (Å²) in [6.07, 6.45) is 1.62. The van der Waals surface area contributed by atoms with Gasteiger partial charge in [0.05, 0.1) is 6.42 Å². The number of ketones is 1. The first-order chi connectivity index (χ1) is 13.5. The molecule has 0 radical (unpaired) electrons. The third kappa shape index (κ3) is 6.39. The fourth-order valence-electron chi connectivity index (χ4n) is 2.48. The molecular formula is C22H24N2O4. The summed E-state index contributed by atoms with van der Waals surface area (Å²) in [7, 11) is 1.67. The van der Waals surface area contributed by atoms with Gasteiger partial charge in [0, 0.05) is 25.0 Å². The molecular weight excluding hydrogens is 356 g/mol. The van der Waals surface area contributed by atoms with Crippen molar-refractivity contribution in [3.63, 3.8) is 0 Å². The van der Waals surface area contributed by atoms with Gasteiger partial charge >= 0.3 is 5.97 Å². The molecule has 0 saturated carbocycles. The molecule has 2 aromatic rings. The SMILES string of the molecule is CN/C=C(\C=N)CC(=O)OC(C)C(=O)c1ccc(OCc2ccccc2)cc1. The van der Waals surface area contributed by atoms with Gasteiger partial charge in [-0.05, 0) is 42.3 Å². The highest BCUT2D eigenvalue weighted by molar-refractivity contribution is 6.00. The van der Waals surface area contributed by atoms with Crippen molar-refractivity contribution in [2.75, 3.05) is 7.05 Å². The molecule has 0 aliphatic heterocycles. The first kappa shape index (κ1) is 20.9. The average molecular weight is 380 g/mol. The van der Waals surface area contributed by atoms with Crippen LogP contribution in [0.15, 0.2) is 66.4 Å². The highest BCUT2D eigenvalue weighted by Gasteiger charge is 2.20. The monoisotopic (exact) mass is 380 g/mol. The lowest BCUT2D eigenvalue weighted by atomic mass is 10.1. The number of hydrogen-bond donors (Lipinski definition) is 2. The van der Waals surface area contributed by atoms with Crippen LogP contribution in [0.3, 0.4) is 0 Å². The highest BCUT2D eigenvalue weighted by Crippen LogP contribution is 2.16. The molecule has 0 bridgehead atoms. The zero-order chi connectivity index (χ0) is 20.4. The first-order valence-electron chi connectivity index (χ1n) is 8.90. The van der Waals surface area contributed by atoms with Crippen molar-refractivity contribution in [2.24, 2.45) is 0 Å². The predicted octanol–water partition coefficient (Wildman–Crippen LogP) is 3.52. The van der Waals surface area contributed by atoms with Crippen LogP contribution in [-0.4, -0.2) is 31.1 Å². The van der Waals surface area contributed by atoms with Gasteiger partial charge in [-0.15, -0.1) is 0 Å². The van der Waals surface area contributed by atoms with Gasteiger partial charge < -0.3 is 20.2 Å². The largest absolute Gasteiger partial charge is 0.489 e. The van der Waals surface area contributed by atoms with Gasteiger partial charge in [0.2, 0.25) is 5.78 Å². The van der Waals surface area contributed by atoms with Crippen LogP contribution in [0, 0.1) is 5.41 Å². The zero-order valence-corrected chi connectivity index (χ0v) is 16.0. The van der Waals surface area contributed by atoms with Crippen molar-refractivity contribution in [2.45, 2.75) is 26.1 Å². The van der Waals surface area contributed by atoms with Crippen molar-refractivity contribution >= 4 is 18.0 Å². The van der Waals surface area contributed by atoms with Gasteiger partial charge in [-0.25, -0.2) is 0 Å². The summed E-state index contributed by atoms with van der Waals surface area (Å²) in [5.41, 5.74) is 1.96. The van der Waals surface area contributed by atoms with Gasteiger partial charge in [-0.1, -0.05) is 30.3 Å². The number of hydrogen-bond acceptors (Lipinski definition) is 6. The maximum absolute atomic E-state index is 12.5. The standard InChI is InChI=1S/C22H24N2O4/c1-16(28-21(25)12-18(13-23)14-24-2)22(26)19-8-10-20(11-9-19)27-15-17-6-4-3-5-7-17/h3-11,13-14,16,23-24H,12,15H2,1-2H3/b18-14-,23-13?. The van der Waals surface area contributed by atoms with Crippen molar-refractivity contribution in [3.8, 4) is 5.75 Å². The normalized spacial score (nSPS) is 12.0. The molecule has 0 spiro atoms. The number of rotatable bonds is 10. The molecule has 6 nitrogen and oxygen atoms in total. The van der Waals surface area contributed by atoms with E-state index in [0.717, 1.165) is 11.8 Å². The zero-order valence-electron chi connectivity index (χ0n) is 16.0. The quantitative estimate of drug-likeness (QED) is 0.374. The number of benzene rings is 2.